The largest absolute Gasteiger partial charge is 0.466 e. The first-order valence-corrected chi connectivity index (χ1v) is 7.88. The van der Waals surface area contributed by atoms with Gasteiger partial charge >= 0.3 is 5.97 Å². The molecule has 0 spiro atoms. The lowest BCUT2D eigenvalue weighted by molar-refractivity contribution is -0.135. The van der Waals surface area contributed by atoms with E-state index in [9.17, 15) is 9.59 Å². The summed E-state index contributed by atoms with van der Waals surface area (Å²) in [5, 5.41) is 0.665. The van der Waals surface area contributed by atoms with Crippen molar-refractivity contribution in [2.24, 2.45) is 0 Å². The highest BCUT2D eigenvalue weighted by atomic mass is 35.5. The Morgan fingerprint density at radius 2 is 2.04 bits per heavy atom. The number of ether oxygens (including phenoxy) is 1. The summed E-state index contributed by atoms with van der Waals surface area (Å²) >= 11 is 5.94. The molecule has 1 aliphatic heterocycles. The van der Waals surface area contributed by atoms with Crippen molar-refractivity contribution >= 4 is 23.5 Å². The molecule has 0 radical (unpaired) electrons. The molecule has 0 saturated carbocycles. The minimum absolute atomic E-state index is 0.00281. The summed E-state index contributed by atoms with van der Waals surface area (Å²) < 4.78 is 4.62. The van der Waals surface area contributed by atoms with Gasteiger partial charge in [0.1, 0.15) is 0 Å². The first kappa shape index (κ1) is 17.3. The zero-order chi connectivity index (χ0) is 16.8. The van der Waals surface area contributed by atoms with Crippen LogP contribution in [0.15, 0.2) is 49.1 Å². The molecular weight excluding hydrogens is 314 g/mol. The molecule has 0 unspecified atom stereocenters. The summed E-state index contributed by atoms with van der Waals surface area (Å²) in [7, 11) is 1.33. The fourth-order valence-corrected chi connectivity index (χ4v) is 3.01. The van der Waals surface area contributed by atoms with E-state index in [1.807, 2.05) is 29.2 Å². The molecule has 0 aromatic heterocycles. The highest BCUT2D eigenvalue weighted by Crippen LogP contribution is 2.37. The minimum Gasteiger partial charge on any atom is -0.466 e. The standard InChI is InChI=1S/C18H20ClNO3/c1-3-4-17(21)20-15(10-12-18(22)23-2)9-11-16(20)13-5-7-14(19)8-6-13/h3,5-8,10,12,15-16H,1,4,9,11H2,2H3/t15-,16+/m1/s1. The van der Waals surface area contributed by atoms with Gasteiger partial charge in [-0.1, -0.05) is 35.9 Å². The van der Waals surface area contributed by atoms with Crippen LogP contribution in [0.4, 0.5) is 0 Å². The number of nitrogens with zero attached hydrogens (tertiary/aromatic N) is 1. The van der Waals surface area contributed by atoms with Gasteiger partial charge < -0.3 is 9.64 Å². The molecule has 0 bridgehead atoms. The van der Waals surface area contributed by atoms with Gasteiger partial charge in [0.05, 0.1) is 19.2 Å². The minimum atomic E-state index is -0.420. The van der Waals surface area contributed by atoms with E-state index in [2.05, 4.69) is 11.3 Å². The quantitative estimate of drug-likeness (QED) is 0.469. The average molecular weight is 334 g/mol. The number of carbonyl (C=O) groups is 2. The van der Waals surface area contributed by atoms with Crippen LogP contribution in [-0.2, 0) is 14.3 Å². The van der Waals surface area contributed by atoms with Gasteiger partial charge in [0.2, 0.25) is 5.91 Å². The zero-order valence-corrected chi connectivity index (χ0v) is 13.8. The number of rotatable bonds is 5. The molecule has 0 aliphatic carbocycles. The van der Waals surface area contributed by atoms with Crippen molar-refractivity contribution in [3.05, 3.63) is 59.7 Å². The predicted octanol–water partition coefficient (Wildman–Crippen LogP) is 3.68. The Hall–Kier alpha value is -2.07. The molecule has 1 aliphatic rings. The Labute approximate surface area is 141 Å². The smallest absolute Gasteiger partial charge is 0.330 e. The molecule has 4 nitrogen and oxygen atoms in total. The van der Waals surface area contributed by atoms with Crippen LogP contribution in [0.3, 0.4) is 0 Å². The Morgan fingerprint density at radius 1 is 1.35 bits per heavy atom. The van der Waals surface area contributed by atoms with Gasteiger partial charge in [0.15, 0.2) is 0 Å². The molecule has 1 amide bonds. The summed E-state index contributed by atoms with van der Waals surface area (Å²) in [6, 6.07) is 7.38. The fraction of sp³-hybridized carbons (Fsp3) is 0.333. The molecule has 2 atom stereocenters. The van der Waals surface area contributed by atoms with Gasteiger partial charge in [-0.3, -0.25) is 4.79 Å². The van der Waals surface area contributed by atoms with Crippen molar-refractivity contribution in [1.29, 1.82) is 0 Å². The molecule has 2 rings (SSSR count). The number of amides is 1. The highest BCUT2D eigenvalue weighted by Gasteiger charge is 2.35. The third-order valence-electron chi connectivity index (χ3n) is 3.95. The molecule has 1 heterocycles. The maximum Gasteiger partial charge on any atom is 0.330 e. The van der Waals surface area contributed by atoms with Gasteiger partial charge in [-0.25, -0.2) is 4.79 Å². The summed E-state index contributed by atoms with van der Waals surface area (Å²) in [5.74, 6) is -0.423. The Kier molecular flexibility index (Phi) is 5.99. The van der Waals surface area contributed by atoms with Gasteiger partial charge in [-0.05, 0) is 30.5 Å². The monoisotopic (exact) mass is 333 g/mol. The molecule has 5 heteroatoms. The van der Waals surface area contributed by atoms with Crippen molar-refractivity contribution in [2.75, 3.05) is 7.11 Å². The summed E-state index contributed by atoms with van der Waals surface area (Å²) in [4.78, 5) is 25.6. The number of likely N-dealkylation sites (tertiary alicyclic amines) is 1. The summed E-state index contributed by atoms with van der Waals surface area (Å²) in [6.45, 7) is 3.64. The van der Waals surface area contributed by atoms with Crippen molar-refractivity contribution in [3.63, 3.8) is 0 Å². The number of esters is 1. The van der Waals surface area contributed by atoms with Crippen molar-refractivity contribution in [3.8, 4) is 0 Å². The number of hydrogen-bond acceptors (Lipinski definition) is 3. The van der Waals surface area contributed by atoms with E-state index < -0.39 is 5.97 Å². The molecule has 1 aromatic carbocycles. The van der Waals surface area contributed by atoms with Crippen LogP contribution in [0, 0.1) is 0 Å². The zero-order valence-electron chi connectivity index (χ0n) is 13.1. The Balaban J connectivity index is 2.26. The third kappa shape index (κ3) is 4.23. The lowest BCUT2D eigenvalue weighted by Crippen LogP contribution is -2.36. The van der Waals surface area contributed by atoms with Crippen molar-refractivity contribution in [2.45, 2.75) is 31.3 Å². The van der Waals surface area contributed by atoms with E-state index in [-0.39, 0.29) is 24.4 Å². The van der Waals surface area contributed by atoms with Gasteiger partial charge in [0, 0.05) is 17.5 Å². The van der Waals surface area contributed by atoms with Crippen LogP contribution >= 0.6 is 11.6 Å². The van der Waals surface area contributed by atoms with Crippen LogP contribution in [0.1, 0.15) is 30.9 Å². The van der Waals surface area contributed by atoms with Crippen LogP contribution in [-0.4, -0.2) is 29.9 Å². The number of carbonyl (C=O) groups excluding carboxylic acids is 2. The summed E-state index contributed by atoms with van der Waals surface area (Å²) in [5.41, 5.74) is 1.04. The number of methoxy groups -OCH3 is 1. The van der Waals surface area contributed by atoms with E-state index >= 15 is 0 Å². The molecule has 1 aromatic rings. The van der Waals surface area contributed by atoms with E-state index in [4.69, 9.17) is 11.6 Å². The number of benzene rings is 1. The maximum absolute atomic E-state index is 12.5. The topological polar surface area (TPSA) is 46.6 Å². The fourth-order valence-electron chi connectivity index (χ4n) is 2.88. The van der Waals surface area contributed by atoms with Gasteiger partial charge in [-0.2, -0.15) is 0 Å². The van der Waals surface area contributed by atoms with E-state index in [0.29, 0.717) is 5.02 Å². The van der Waals surface area contributed by atoms with Crippen molar-refractivity contribution < 1.29 is 14.3 Å². The second-order valence-corrected chi connectivity index (χ2v) is 5.82. The first-order valence-electron chi connectivity index (χ1n) is 7.50. The van der Waals surface area contributed by atoms with Crippen LogP contribution in [0.5, 0.6) is 0 Å². The molecule has 0 N–H and O–H groups in total. The van der Waals surface area contributed by atoms with Gasteiger partial charge in [-0.15, -0.1) is 6.58 Å². The molecule has 23 heavy (non-hydrogen) atoms. The van der Waals surface area contributed by atoms with Crippen molar-refractivity contribution in [1.82, 2.24) is 4.90 Å². The lowest BCUT2D eigenvalue weighted by Gasteiger charge is -2.29. The van der Waals surface area contributed by atoms with Crippen LogP contribution in [0.2, 0.25) is 5.02 Å². The van der Waals surface area contributed by atoms with E-state index in [1.54, 1.807) is 12.2 Å². The SMILES string of the molecule is C=CCC(=O)N1[C@@H](C=CC(=O)OC)CC[C@H]1c1ccc(Cl)cc1. The first-order chi connectivity index (χ1) is 11.1. The molecule has 1 fully saturated rings. The van der Waals surface area contributed by atoms with E-state index in [0.717, 1.165) is 18.4 Å². The Bertz CT molecular complexity index is 609. The van der Waals surface area contributed by atoms with Crippen LogP contribution in [0.25, 0.3) is 0 Å². The summed E-state index contributed by atoms with van der Waals surface area (Å²) in [6.07, 6.45) is 6.61. The van der Waals surface area contributed by atoms with E-state index in [1.165, 1.54) is 13.2 Å². The third-order valence-corrected chi connectivity index (χ3v) is 4.20. The second kappa shape index (κ2) is 7.97. The van der Waals surface area contributed by atoms with Crippen LogP contribution < -0.4 is 0 Å². The lowest BCUT2D eigenvalue weighted by atomic mass is 10.0. The highest BCUT2D eigenvalue weighted by molar-refractivity contribution is 6.30. The molecular formula is C18H20ClNO3. The number of hydrogen-bond donors (Lipinski definition) is 0. The normalized spacial score (nSPS) is 20.7. The maximum atomic E-state index is 12.5. The second-order valence-electron chi connectivity index (χ2n) is 5.39. The molecule has 1 saturated heterocycles. The predicted molar refractivity (Wildman–Crippen MR) is 90.0 cm³/mol. The van der Waals surface area contributed by atoms with Gasteiger partial charge in [0.25, 0.3) is 0 Å². The Morgan fingerprint density at radius 3 is 2.65 bits per heavy atom. The average Bonchev–Trinajstić information content (AvgIpc) is 2.97. The number of halogens is 1. The molecule has 122 valence electrons.